The van der Waals surface area contributed by atoms with Gasteiger partial charge in [0, 0.05) is 18.8 Å². The van der Waals surface area contributed by atoms with Gasteiger partial charge in [0.2, 0.25) is 17.6 Å². The number of benzene rings is 1. The van der Waals surface area contributed by atoms with E-state index in [1.807, 2.05) is 32.0 Å². The third-order valence-electron chi connectivity index (χ3n) is 4.74. The lowest BCUT2D eigenvalue weighted by molar-refractivity contribution is -0.383. The van der Waals surface area contributed by atoms with Crippen LogP contribution >= 0.6 is 0 Å². The lowest BCUT2D eigenvalue weighted by atomic mass is 10.1. The molecule has 0 saturated carbocycles. The van der Waals surface area contributed by atoms with Crippen LogP contribution in [0.2, 0.25) is 0 Å². The average Bonchev–Trinajstić information content (AvgIpc) is 2.87. The van der Waals surface area contributed by atoms with Crippen LogP contribution in [-0.2, 0) is 0 Å². The van der Waals surface area contributed by atoms with E-state index >= 15 is 0 Å². The topological polar surface area (TPSA) is 110 Å². The van der Waals surface area contributed by atoms with Crippen molar-refractivity contribution in [1.82, 2.24) is 9.97 Å². The van der Waals surface area contributed by atoms with Gasteiger partial charge in [-0.2, -0.15) is 9.97 Å². The molecule has 0 spiro atoms. The summed E-state index contributed by atoms with van der Waals surface area (Å²) in [6.45, 7) is 5.67. The van der Waals surface area contributed by atoms with Crippen LogP contribution in [0.1, 0.15) is 36.8 Å². The summed E-state index contributed by atoms with van der Waals surface area (Å²) in [6, 6.07) is 5.77. The van der Waals surface area contributed by atoms with Crippen LogP contribution in [0.25, 0.3) is 0 Å². The van der Waals surface area contributed by atoms with E-state index < -0.39 is 4.92 Å². The van der Waals surface area contributed by atoms with Crippen molar-refractivity contribution < 1.29 is 4.92 Å². The molecule has 2 heterocycles. The summed E-state index contributed by atoms with van der Waals surface area (Å²) in [4.78, 5) is 21.7. The van der Waals surface area contributed by atoms with Gasteiger partial charge < -0.3 is 16.0 Å². The Morgan fingerprint density at radius 3 is 2.42 bits per heavy atom. The maximum Gasteiger partial charge on any atom is 0.353 e. The second-order valence-electron chi connectivity index (χ2n) is 6.69. The van der Waals surface area contributed by atoms with Gasteiger partial charge in [-0.1, -0.05) is 18.9 Å². The molecule has 26 heavy (non-hydrogen) atoms. The number of rotatable bonds is 4. The zero-order chi connectivity index (χ0) is 18.7. The molecule has 0 amide bonds. The van der Waals surface area contributed by atoms with E-state index in [0.717, 1.165) is 42.7 Å². The molecule has 1 aliphatic rings. The normalized spacial score (nSPS) is 14.8. The summed E-state index contributed by atoms with van der Waals surface area (Å²) in [5.41, 5.74) is 8.60. The number of nitrogens with two attached hydrogens (primary N) is 1. The van der Waals surface area contributed by atoms with Gasteiger partial charge in [-0.3, -0.25) is 10.1 Å². The number of hydrogen-bond donors (Lipinski definition) is 2. The first kappa shape index (κ1) is 17.9. The highest BCUT2D eigenvalue weighted by molar-refractivity contribution is 5.74. The molecular formula is C18H24N6O2. The molecular weight excluding hydrogens is 332 g/mol. The number of nitro groups is 1. The van der Waals surface area contributed by atoms with E-state index in [4.69, 9.17) is 5.73 Å². The molecule has 0 radical (unpaired) electrons. The SMILES string of the molecule is Cc1ccc(Nc2nc(N3CCCCCC3)nc(N)c2[N+](=O)[O-])cc1C. The van der Waals surface area contributed by atoms with Crippen molar-refractivity contribution in [2.45, 2.75) is 39.5 Å². The van der Waals surface area contributed by atoms with Crippen molar-refractivity contribution in [3.05, 3.63) is 39.4 Å². The van der Waals surface area contributed by atoms with Gasteiger partial charge in [0.25, 0.3) is 0 Å². The highest BCUT2D eigenvalue weighted by Crippen LogP contribution is 2.33. The summed E-state index contributed by atoms with van der Waals surface area (Å²) < 4.78 is 0. The molecule has 1 saturated heterocycles. The molecule has 1 aromatic carbocycles. The predicted octanol–water partition coefficient (Wildman–Crippen LogP) is 3.71. The lowest BCUT2D eigenvalue weighted by Gasteiger charge is -2.21. The van der Waals surface area contributed by atoms with E-state index in [2.05, 4.69) is 20.2 Å². The summed E-state index contributed by atoms with van der Waals surface area (Å²) >= 11 is 0. The Bertz CT molecular complexity index is 816. The first-order chi connectivity index (χ1) is 12.5. The fraction of sp³-hybridized carbons (Fsp3) is 0.444. The number of nitrogen functional groups attached to an aromatic ring is 1. The van der Waals surface area contributed by atoms with Crippen LogP contribution in [0.15, 0.2) is 18.2 Å². The highest BCUT2D eigenvalue weighted by atomic mass is 16.6. The highest BCUT2D eigenvalue weighted by Gasteiger charge is 2.25. The zero-order valence-electron chi connectivity index (χ0n) is 15.2. The second-order valence-corrected chi connectivity index (χ2v) is 6.69. The van der Waals surface area contributed by atoms with E-state index in [9.17, 15) is 10.1 Å². The summed E-state index contributed by atoms with van der Waals surface area (Å²) in [6.07, 6.45) is 4.46. The van der Waals surface area contributed by atoms with Gasteiger partial charge in [0.15, 0.2) is 0 Å². The van der Waals surface area contributed by atoms with Crippen molar-refractivity contribution >= 4 is 29.0 Å². The van der Waals surface area contributed by atoms with Crippen molar-refractivity contribution in [2.75, 3.05) is 29.0 Å². The van der Waals surface area contributed by atoms with Crippen molar-refractivity contribution in [1.29, 1.82) is 0 Å². The Balaban J connectivity index is 1.99. The fourth-order valence-electron chi connectivity index (χ4n) is 3.10. The van der Waals surface area contributed by atoms with Crippen molar-refractivity contribution in [3.63, 3.8) is 0 Å². The van der Waals surface area contributed by atoms with Crippen molar-refractivity contribution in [3.8, 4) is 0 Å². The fourth-order valence-corrected chi connectivity index (χ4v) is 3.10. The van der Waals surface area contributed by atoms with Gasteiger partial charge in [0.1, 0.15) is 0 Å². The Morgan fingerprint density at radius 1 is 1.12 bits per heavy atom. The quantitative estimate of drug-likeness (QED) is 0.634. The second kappa shape index (κ2) is 7.55. The molecule has 1 fully saturated rings. The largest absolute Gasteiger partial charge is 0.378 e. The number of nitrogens with zero attached hydrogens (tertiary/aromatic N) is 4. The standard InChI is InChI=1S/C18H24N6O2/c1-12-7-8-14(11-13(12)2)20-17-15(24(25)26)16(19)21-18(22-17)23-9-5-3-4-6-10-23/h7-8,11H,3-6,9-10H2,1-2H3,(H3,19,20,21,22). The van der Waals surface area contributed by atoms with E-state index in [0.29, 0.717) is 5.95 Å². The molecule has 3 N–H and O–H groups in total. The molecule has 138 valence electrons. The van der Waals surface area contributed by atoms with Gasteiger partial charge in [-0.15, -0.1) is 0 Å². The van der Waals surface area contributed by atoms with Gasteiger partial charge in [-0.25, -0.2) is 0 Å². The van der Waals surface area contributed by atoms with Gasteiger partial charge >= 0.3 is 5.69 Å². The molecule has 8 nitrogen and oxygen atoms in total. The molecule has 0 unspecified atom stereocenters. The minimum Gasteiger partial charge on any atom is -0.378 e. The van der Waals surface area contributed by atoms with Crippen LogP contribution in [0.4, 0.5) is 29.0 Å². The first-order valence-electron chi connectivity index (χ1n) is 8.87. The lowest BCUT2D eigenvalue weighted by Crippen LogP contribution is -2.26. The third-order valence-corrected chi connectivity index (χ3v) is 4.74. The van der Waals surface area contributed by atoms with E-state index in [-0.39, 0.29) is 17.3 Å². The molecule has 3 rings (SSSR count). The van der Waals surface area contributed by atoms with Crippen molar-refractivity contribution in [2.24, 2.45) is 0 Å². The van der Waals surface area contributed by atoms with E-state index in [1.54, 1.807) is 0 Å². The maximum atomic E-state index is 11.5. The van der Waals surface area contributed by atoms with Crippen LogP contribution < -0.4 is 16.0 Å². The van der Waals surface area contributed by atoms with Gasteiger partial charge in [0.05, 0.1) is 4.92 Å². The number of hydrogen-bond acceptors (Lipinski definition) is 7. The van der Waals surface area contributed by atoms with Gasteiger partial charge in [-0.05, 0) is 49.9 Å². The minimum absolute atomic E-state index is 0.115. The number of anilines is 4. The predicted molar refractivity (Wildman–Crippen MR) is 103 cm³/mol. The third kappa shape index (κ3) is 3.84. The monoisotopic (exact) mass is 356 g/mol. The number of nitrogens with one attached hydrogen (secondary N) is 1. The zero-order valence-corrected chi connectivity index (χ0v) is 15.2. The number of aryl methyl sites for hydroxylation is 2. The average molecular weight is 356 g/mol. The maximum absolute atomic E-state index is 11.5. The van der Waals surface area contributed by atoms with Crippen LogP contribution in [0.3, 0.4) is 0 Å². The summed E-state index contributed by atoms with van der Waals surface area (Å²) in [7, 11) is 0. The Morgan fingerprint density at radius 2 is 1.81 bits per heavy atom. The summed E-state index contributed by atoms with van der Waals surface area (Å²) in [5, 5.41) is 14.5. The van der Waals surface area contributed by atoms with Crippen LogP contribution in [0, 0.1) is 24.0 Å². The minimum atomic E-state index is -0.537. The number of aromatic nitrogens is 2. The van der Waals surface area contributed by atoms with Crippen LogP contribution in [-0.4, -0.2) is 28.0 Å². The molecule has 1 aliphatic heterocycles. The summed E-state index contributed by atoms with van der Waals surface area (Å²) in [5.74, 6) is 0.460. The van der Waals surface area contributed by atoms with Crippen LogP contribution in [0.5, 0.6) is 0 Å². The Kier molecular flexibility index (Phi) is 5.20. The smallest absolute Gasteiger partial charge is 0.353 e. The molecule has 8 heteroatoms. The molecule has 2 aromatic rings. The molecule has 1 aromatic heterocycles. The Labute approximate surface area is 152 Å². The molecule has 0 atom stereocenters. The Hall–Kier alpha value is -2.90. The molecule has 0 bridgehead atoms. The first-order valence-corrected chi connectivity index (χ1v) is 8.87. The van der Waals surface area contributed by atoms with E-state index in [1.165, 1.54) is 12.8 Å². The molecule has 0 aliphatic carbocycles.